The lowest BCUT2D eigenvalue weighted by Gasteiger charge is -2.26. The van der Waals surface area contributed by atoms with Crippen LogP contribution in [0.5, 0.6) is 0 Å². The molecule has 0 atom stereocenters. The topological polar surface area (TPSA) is 76.8 Å². The maximum Gasteiger partial charge on any atom is 0.102 e. The highest BCUT2D eigenvalue weighted by molar-refractivity contribution is 5.87. The molecule has 0 bridgehead atoms. The van der Waals surface area contributed by atoms with Crippen molar-refractivity contribution in [2.24, 2.45) is 0 Å². The molecule has 0 radical (unpaired) electrons. The minimum absolute atomic E-state index is 0.333. The summed E-state index contributed by atoms with van der Waals surface area (Å²) in [6.45, 7) is 4.21. The Balaban J connectivity index is 2.40. The van der Waals surface area contributed by atoms with E-state index >= 15 is 0 Å². The summed E-state index contributed by atoms with van der Waals surface area (Å²) in [6, 6.07) is 8.72. The molecule has 0 fully saturated rings. The number of fused-ring (bicyclic) bond motifs is 1. The molecule has 0 saturated heterocycles. The van der Waals surface area contributed by atoms with Gasteiger partial charge < -0.3 is 10.6 Å². The van der Waals surface area contributed by atoms with E-state index < -0.39 is 0 Å². The molecule has 0 spiro atoms. The van der Waals surface area contributed by atoms with Gasteiger partial charge in [-0.25, -0.2) is 0 Å². The van der Waals surface area contributed by atoms with Gasteiger partial charge in [-0.05, 0) is 73.4 Å². The van der Waals surface area contributed by atoms with E-state index in [1.54, 1.807) is 0 Å². The fraction of sp³-hybridized carbons (Fsp3) is 0.364. The van der Waals surface area contributed by atoms with Gasteiger partial charge in [0.05, 0.1) is 16.8 Å². The van der Waals surface area contributed by atoms with Crippen molar-refractivity contribution in [1.29, 1.82) is 10.5 Å². The van der Waals surface area contributed by atoms with Crippen molar-refractivity contribution in [2.45, 2.75) is 39.5 Å². The van der Waals surface area contributed by atoms with E-state index in [9.17, 15) is 10.5 Å². The number of anilines is 2. The van der Waals surface area contributed by atoms with Crippen LogP contribution in [-0.4, -0.2) is 14.1 Å². The first-order valence-corrected chi connectivity index (χ1v) is 8.97. The maximum atomic E-state index is 9.84. The molecule has 0 amide bonds. The number of nitriles is 2. The minimum atomic E-state index is 0.333. The predicted molar refractivity (Wildman–Crippen MR) is 106 cm³/mol. The number of nitrogens with two attached hydrogens (primary N) is 1. The molecule has 1 aliphatic rings. The summed E-state index contributed by atoms with van der Waals surface area (Å²) in [7, 11) is 4.06. The summed E-state index contributed by atoms with van der Waals surface area (Å²) < 4.78 is 0. The fourth-order valence-corrected chi connectivity index (χ4v) is 4.13. The normalized spacial score (nSPS) is 12.8. The molecule has 3 rings (SSSR count). The zero-order valence-corrected chi connectivity index (χ0v) is 15.9. The number of rotatable bonds is 2. The summed E-state index contributed by atoms with van der Waals surface area (Å²) >= 11 is 0. The summed E-state index contributed by atoms with van der Waals surface area (Å²) in [4.78, 5) is 2.10. The Morgan fingerprint density at radius 2 is 1.54 bits per heavy atom. The maximum absolute atomic E-state index is 9.84. The number of hydrogen-bond donors (Lipinski definition) is 1. The Morgan fingerprint density at radius 1 is 0.923 bits per heavy atom. The first kappa shape index (κ1) is 17.8. The first-order valence-electron chi connectivity index (χ1n) is 8.97. The number of nitrogens with zero attached hydrogens (tertiary/aromatic N) is 3. The molecular formula is C22H24N4. The van der Waals surface area contributed by atoms with E-state index in [4.69, 9.17) is 5.73 Å². The van der Waals surface area contributed by atoms with Gasteiger partial charge in [0.25, 0.3) is 0 Å². The summed E-state index contributed by atoms with van der Waals surface area (Å²) in [5, 5.41) is 19.4. The average molecular weight is 344 g/mol. The molecule has 2 aromatic rings. The lowest BCUT2D eigenvalue weighted by molar-refractivity contribution is 0.685. The van der Waals surface area contributed by atoms with Gasteiger partial charge in [-0.1, -0.05) is 6.07 Å². The van der Waals surface area contributed by atoms with Crippen molar-refractivity contribution < 1.29 is 0 Å². The lowest BCUT2D eigenvalue weighted by Crippen LogP contribution is -2.14. The molecule has 1 aliphatic carbocycles. The van der Waals surface area contributed by atoms with Crippen molar-refractivity contribution in [3.63, 3.8) is 0 Å². The van der Waals surface area contributed by atoms with Gasteiger partial charge in [0.2, 0.25) is 0 Å². The summed E-state index contributed by atoms with van der Waals surface area (Å²) in [5.74, 6) is 0. The number of benzene rings is 2. The Bertz CT molecular complexity index is 972. The minimum Gasteiger partial charge on any atom is -0.397 e. The van der Waals surface area contributed by atoms with Gasteiger partial charge in [0, 0.05) is 25.3 Å². The average Bonchev–Trinajstić information content (AvgIpc) is 2.63. The van der Waals surface area contributed by atoms with E-state index in [2.05, 4.69) is 43.0 Å². The fourth-order valence-electron chi connectivity index (χ4n) is 4.13. The molecule has 26 heavy (non-hydrogen) atoms. The summed E-state index contributed by atoms with van der Waals surface area (Å²) in [6.07, 6.45) is 3.88. The van der Waals surface area contributed by atoms with Crippen LogP contribution in [0.25, 0.3) is 11.1 Å². The highest BCUT2D eigenvalue weighted by Gasteiger charge is 2.26. The highest BCUT2D eigenvalue weighted by atomic mass is 15.1. The van der Waals surface area contributed by atoms with E-state index in [-0.39, 0.29) is 0 Å². The number of nitrogen functional groups attached to an aromatic ring is 1. The Kier molecular flexibility index (Phi) is 4.62. The first-order chi connectivity index (χ1) is 12.4. The number of hydrogen-bond acceptors (Lipinski definition) is 4. The van der Waals surface area contributed by atoms with Crippen LogP contribution < -0.4 is 10.6 Å². The van der Waals surface area contributed by atoms with Crippen LogP contribution in [-0.2, 0) is 12.8 Å². The standard InChI is InChI=1S/C22H24N4/c1-13-14(2)20(26(3)4)10-9-15(13)21-17-8-6-5-7-16(17)18(11-23)22(25)19(21)12-24/h9-10H,5-8,25H2,1-4H3. The second-order valence-corrected chi connectivity index (χ2v) is 7.20. The molecule has 132 valence electrons. The molecular weight excluding hydrogens is 320 g/mol. The van der Waals surface area contributed by atoms with Crippen LogP contribution in [0.3, 0.4) is 0 Å². The molecule has 0 unspecified atom stereocenters. The molecule has 0 heterocycles. The van der Waals surface area contributed by atoms with Crippen LogP contribution >= 0.6 is 0 Å². The molecule has 0 aliphatic heterocycles. The van der Waals surface area contributed by atoms with Crippen LogP contribution in [0.4, 0.5) is 11.4 Å². The molecule has 4 nitrogen and oxygen atoms in total. The smallest absolute Gasteiger partial charge is 0.102 e. The van der Waals surface area contributed by atoms with Gasteiger partial charge in [0.15, 0.2) is 0 Å². The monoisotopic (exact) mass is 344 g/mol. The predicted octanol–water partition coefficient (Wildman–Crippen LogP) is 4.24. The van der Waals surface area contributed by atoms with Crippen LogP contribution in [0.2, 0.25) is 0 Å². The quantitative estimate of drug-likeness (QED) is 0.827. The second-order valence-electron chi connectivity index (χ2n) is 7.20. The van der Waals surface area contributed by atoms with Gasteiger partial charge in [-0.3, -0.25) is 0 Å². The zero-order valence-electron chi connectivity index (χ0n) is 15.9. The third kappa shape index (κ3) is 2.59. The van der Waals surface area contributed by atoms with Crippen molar-refractivity contribution in [3.8, 4) is 23.3 Å². The molecule has 2 aromatic carbocycles. The Labute approximate surface area is 155 Å². The van der Waals surface area contributed by atoms with Crippen molar-refractivity contribution in [2.75, 3.05) is 24.7 Å². The third-order valence-electron chi connectivity index (χ3n) is 5.59. The largest absolute Gasteiger partial charge is 0.397 e. The third-order valence-corrected chi connectivity index (χ3v) is 5.59. The van der Waals surface area contributed by atoms with Crippen LogP contribution in [0, 0.1) is 36.5 Å². The lowest BCUT2D eigenvalue weighted by atomic mass is 9.79. The molecule has 0 aromatic heterocycles. The highest BCUT2D eigenvalue weighted by Crippen LogP contribution is 2.42. The molecule has 4 heteroatoms. The van der Waals surface area contributed by atoms with Crippen LogP contribution in [0.1, 0.15) is 46.2 Å². The van der Waals surface area contributed by atoms with Crippen molar-refractivity contribution in [3.05, 3.63) is 45.5 Å². The molecule has 0 saturated carbocycles. The summed E-state index contributed by atoms with van der Waals surface area (Å²) in [5.41, 5.74) is 15.2. The van der Waals surface area contributed by atoms with E-state index in [0.29, 0.717) is 16.8 Å². The van der Waals surface area contributed by atoms with Gasteiger partial charge in [-0.15, -0.1) is 0 Å². The van der Waals surface area contributed by atoms with E-state index in [1.807, 2.05) is 14.1 Å². The van der Waals surface area contributed by atoms with Gasteiger partial charge >= 0.3 is 0 Å². The van der Waals surface area contributed by atoms with Crippen LogP contribution in [0.15, 0.2) is 12.1 Å². The van der Waals surface area contributed by atoms with E-state index in [1.165, 1.54) is 11.3 Å². The zero-order chi connectivity index (χ0) is 19.0. The second kappa shape index (κ2) is 6.73. The Morgan fingerprint density at radius 3 is 2.12 bits per heavy atom. The van der Waals surface area contributed by atoms with E-state index in [0.717, 1.165) is 53.5 Å². The van der Waals surface area contributed by atoms with Gasteiger partial charge in [-0.2, -0.15) is 10.5 Å². The van der Waals surface area contributed by atoms with Gasteiger partial charge in [0.1, 0.15) is 12.1 Å². The van der Waals surface area contributed by atoms with Crippen molar-refractivity contribution >= 4 is 11.4 Å². The SMILES string of the molecule is Cc1c(-c2c(C#N)c(N)c(C#N)c3c2CCCC3)ccc(N(C)C)c1C. The Hall–Kier alpha value is -2.98. The van der Waals surface area contributed by atoms with Crippen molar-refractivity contribution in [1.82, 2.24) is 0 Å². The molecule has 2 N–H and O–H groups in total.